The van der Waals surface area contributed by atoms with Gasteiger partial charge in [0.1, 0.15) is 11.8 Å². The lowest BCUT2D eigenvalue weighted by Gasteiger charge is -2.20. The summed E-state index contributed by atoms with van der Waals surface area (Å²) in [5.74, 6) is -1.52. The molecular formula is C9H7BrClF6NO. The summed E-state index contributed by atoms with van der Waals surface area (Å²) in [5, 5.41) is 9.26. The summed E-state index contributed by atoms with van der Waals surface area (Å²) in [6.07, 6.45) is -9.94. The van der Waals surface area contributed by atoms with Crippen LogP contribution in [0.1, 0.15) is 17.2 Å². The molecule has 0 amide bonds. The molecule has 0 spiro atoms. The molecule has 0 saturated heterocycles. The number of hydrogen-bond donors (Lipinski definition) is 2. The first kappa shape index (κ1) is 18.3. The van der Waals surface area contributed by atoms with Gasteiger partial charge in [0.15, 0.2) is 0 Å². The highest BCUT2D eigenvalue weighted by atomic mass is 79.9. The highest BCUT2D eigenvalue weighted by molar-refractivity contribution is 9.10. The van der Waals surface area contributed by atoms with Gasteiger partial charge in [0, 0.05) is 10.0 Å². The first-order valence-electron chi connectivity index (χ1n) is 4.36. The van der Waals surface area contributed by atoms with Gasteiger partial charge in [-0.1, -0.05) is 15.9 Å². The van der Waals surface area contributed by atoms with Crippen LogP contribution in [0.2, 0.25) is 0 Å². The number of nitrogens with two attached hydrogens (primary N) is 1. The second-order valence-electron chi connectivity index (χ2n) is 3.41. The van der Waals surface area contributed by atoms with Gasteiger partial charge in [0.05, 0.1) is 5.56 Å². The van der Waals surface area contributed by atoms with Crippen LogP contribution in [0, 0.1) is 0 Å². The third-order valence-corrected chi connectivity index (χ3v) is 2.56. The van der Waals surface area contributed by atoms with E-state index < -0.39 is 35.3 Å². The van der Waals surface area contributed by atoms with Crippen LogP contribution in [0.25, 0.3) is 0 Å². The van der Waals surface area contributed by atoms with Crippen LogP contribution in [0.3, 0.4) is 0 Å². The fourth-order valence-corrected chi connectivity index (χ4v) is 1.73. The average molecular weight is 375 g/mol. The number of alkyl halides is 6. The van der Waals surface area contributed by atoms with Gasteiger partial charge < -0.3 is 10.8 Å². The topological polar surface area (TPSA) is 46.2 Å². The first-order chi connectivity index (χ1) is 7.94. The second-order valence-corrected chi connectivity index (χ2v) is 4.32. The summed E-state index contributed by atoms with van der Waals surface area (Å²) >= 11 is 2.64. The van der Waals surface area contributed by atoms with Gasteiger partial charge in [-0.3, -0.25) is 0 Å². The highest BCUT2D eigenvalue weighted by Gasteiger charge is 2.42. The van der Waals surface area contributed by atoms with E-state index in [4.69, 9.17) is 5.73 Å². The number of rotatable bonds is 1. The van der Waals surface area contributed by atoms with Crippen molar-refractivity contribution >= 4 is 28.3 Å². The smallest absolute Gasteiger partial charge is 0.420 e. The van der Waals surface area contributed by atoms with Crippen LogP contribution in [-0.4, -0.2) is 11.3 Å². The number of phenols is 1. The molecule has 0 radical (unpaired) electrons. The first-order valence-corrected chi connectivity index (χ1v) is 5.15. The molecule has 110 valence electrons. The molecule has 0 aliphatic carbocycles. The summed E-state index contributed by atoms with van der Waals surface area (Å²) in [6.45, 7) is 0. The summed E-state index contributed by atoms with van der Waals surface area (Å²) in [4.78, 5) is 0. The van der Waals surface area contributed by atoms with Crippen molar-refractivity contribution in [1.29, 1.82) is 0 Å². The van der Waals surface area contributed by atoms with E-state index in [1.165, 1.54) is 0 Å². The Kier molecular flexibility index (Phi) is 5.56. The number of benzene rings is 1. The molecule has 2 nitrogen and oxygen atoms in total. The SMILES string of the molecule is Cl.N[C@@H](c1cc(Br)cc(C(F)(F)F)c1O)C(F)(F)F. The molecule has 19 heavy (non-hydrogen) atoms. The minimum atomic E-state index is -4.98. The zero-order valence-electron chi connectivity index (χ0n) is 8.81. The maximum absolute atomic E-state index is 12.5. The fraction of sp³-hybridized carbons (Fsp3) is 0.333. The zero-order chi connectivity index (χ0) is 14.3. The van der Waals surface area contributed by atoms with Gasteiger partial charge in [-0.05, 0) is 12.1 Å². The molecule has 1 rings (SSSR count). The highest BCUT2D eigenvalue weighted by Crippen LogP contribution is 2.43. The van der Waals surface area contributed by atoms with Crippen molar-refractivity contribution in [1.82, 2.24) is 0 Å². The van der Waals surface area contributed by atoms with Crippen molar-refractivity contribution in [3.8, 4) is 5.75 Å². The van der Waals surface area contributed by atoms with Crippen LogP contribution < -0.4 is 5.73 Å². The molecule has 0 unspecified atom stereocenters. The van der Waals surface area contributed by atoms with E-state index in [0.29, 0.717) is 12.1 Å². The normalized spacial score (nSPS) is 13.9. The Balaban J connectivity index is 0.00000324. The van der Waals surface area contributed by atoms with Crippen LogP contribution in [0.4, 0.5) is 26.3 Å². The Labute approximate surface area is 118 Å². The summed E-state index contributed by atoms with van der Waals surface area (Å²) < 4.78 is 74.2. The van der Waals surface area contributed by atoms with E-state index in [1.807, 2.05) is 0 Å². The summed E-state index contributed by atoms with van der Waals surface area (Å²) in [5.41, 5.74) is 2.17. The van der Waals surface area contributed by atoms with Crippen molar-refractivity contribution < 1.29 is 31.4 Å². The summed E-state index contributed by atoms with van der Waals surface area (Å²) in [6, 6.07) is -1.53. The molecule has 0 aliphatic heterocycles. The van der Waals surface area contributed by atoms with E-state index >= 15 is 0 Å². The minimum absolute atomic E-state index is 0. The lowest BCUT2D eigenvalue weighted by molar-refractivity contribution is -0.151. The molecule has 0 saturated carbocycles. The molecule has 0 aliphatic rings. The number of halogens is 8. The molecule has 0 bridgehead atoms. The molecule has 0 heterocycles. The Bertz CT molecular complexity index is 461. The van der Waals surface area contributed by atoms with Gasteiger partial charge in [0.25, 0.3) is 0 Å². The van der Waals surface area contributed by atoms with E-state index in [0.717, 1.165) is 0 Å². The maximum atomic E-state index is 12.5. The predicted molar refractivity (Wildman–Crippen MR) is 61.0 cm³/mol. The third-order valence-electron chi connectivity index (χ3n) is 2.10. The predicted octanol–water partition coefficient (Wildman–Crippen LogP) is 4.16. The van der Waals surface area contributed by atoms with Crippen molar-refractivity contribution in [3.05, 3.63) is 27.7 Å². The van der Waals surface area contributed by atoms with Gasteiger partial charge in [-0.2, -0.15) is 26.3 Å². The standard InChI is InChI=1S/C9H6BrF6NO.ClH/c10-3-1-4(7(17)9(14,15)16)6(18)5(2-3)8(11,12)13;/h1-2,7,18H,17H2;1H/t7-;/m0./s1. The largest absolute Gasteiger partial charge is 0.507 e. The van der Waals surface area contributed by atoms with Crippen LogP contribution in [0.15, 0.2) is 16.6 Å². The Morgan fingerprint density at radius 3 is 1.95 bits per heavy atom. The lowest BCUT2D eigenvalue weighted by atomic mass is 10.0. The van der Waals surface area contributed by atoms with Gasteiger partial charge in [-0.15, -0.1) is 12.4 Å². The Morgan fingerprint density at radius 1 is 1.11 bits per heavy atom. The average Bonchev–Trinajstić information content (AvgIpc) is 2.17. The van der Waals surface area contributed by atoms with Crippen molar-refractivity contribution in [2.45, 2.75) is 18.4 Å². The van der Waals surface area contributed by atoms with Crippen molar-refractivity contribution in [2.24, 2.45) is 5.73 Å². The van der Waals surface area contributed by atoms with Crippen LogP contribution in [0.5, 0.6) is 5.75 Å². The van der Waals surface area contributed by atoms with E-state index in [2.05, 4.69) is 15.9 Å². The quantitative estimate of drug-likeness (QED) is 0.725. The van der Waals surface area contributed by atoms with E-state index in [-0.39, 0.29) is 16.9 Å². The molecular weight excluding hydrogens is 367 g/mol. The molecule has 3 N–H and O–H groups in total. The second kappa shape index (κ2) is 5.76. The maximum Gasteiger partial charge on any atom is 0.420 e. The lowest BCUT2D eigenvalue weighted by Crippen LogP contribution is -2.29. The molecule has 1 aromatic carbocycles. The van der Waals surface area contributed by atoms with Gasteiger partial charge in [-0.25, -0.2) is 0 Å². The molecule has 1 aromatic rings. The van der Waals surface area contributed by atoms with Gasteiger partial charge in [0.2, 0.25) is 0 Å². The molecule has 1 atom stereocenters. The molecule has 0 aromatic heterocycles. The van der Waals surface area contributed by atoms with E-state index in [9.17, 15) is 31.4 Å². The van der Waals surface area contributed by atoms with Gasteiger partial charge >= 0.3 is 12.4 Å². The number of hydrogen-bond acceptors (Lipinski definition) is 2. The molecule has 0 fully saturated rings. The number of aromatic hydroxyl groups is 1. The zero-order valence-corrected chi connectivity index (χ0v) is 11.2. The monoisotopic (exact) mass is 373 g/mol. The Morgan fingerprint density at radius 2 is 1.58 bits per heavy atom. The van der Waals surface area contributed by atoms with Crippen molar-refractivity contribution in [2.75, 3.05) is 0 Å². The van der Waals surface area contributed by atoms with Crippen molar-refractivity contribution in [3.63, 3.8) is 0 Å². The summed E-state index contributed by atoms with van der Waals surface area (Å²) in [7, 11) is 0. The Hall–Kier alpha value is -0.670. The molecule has 10 heteroatoms. The van der Waals surface area contributed by atoms with Crippen LogP contribution >= 0.6 is 28.3 Å². The van der Waals surface area contributed by atoms with Crippen LogP contribution in [-0.2, 0) is 6.18 Å². The third kappa shape index (κ3) is 4.15. The fourth-order valence-electron chi connectivity index (χ4n) is 1.25. The number of phenolic OH excluding ortho intramolecular Hbond substituents is 1. The minimum Gasteiger partial charge on any atom is -0.507 e. The van der Waals surface area contributed by atoms with E-state index in [1.54, 1.807) is 0 Å².